The van der Waals surface area contributed by atoms with Crippen molar-refractivity contribution in [3.8, 4) is 6.07 Å². The Kier molecular flexibility index (Phi) is 7.37. The molecule has 1 aliphatic carbocycles. The summed E-state index contributed by atoms with van der Waals surface area (Å²) >= 11 is 0. The van der Waals surface area contributed by atoms with Gasteiger partial charge in [-0.25, -0.2) is 0 Å². The molecule has 1 aromatic carbocycles. The third-order valence-corrected chi connectivity index (χ3v) is 5.05. The molecule has 0 saturated heterocycles. The zero-order valence-electron chi connectivity index (χ0n) is 16.3. The molecule has 1 aromatic rings. The van der Waals surface area contributed by atoms with E-state index in [4.69, 9.17) is 9.47 Å². The summed E-state index contributed by atoms with van der Waals surface area (Å²) in [5.41, 5.74) is 0.210. The molecule has 0 heterocycles. The maximum atomic E-state index is 12.2. The monoisotopic (exact) mass is 372 g/mol. The van der Waals surface area contributed by atoms with Crippen molar-refractivity contribution in [2.45, 2.75) is 33.2 Å². The van der Waals surface area contributed by atoms with E-state index in [0.717, 1.165) is 13.1 Å². The summed E-state index contributed by atoms with van der Waals surface area (Å²) in [7, 11) is 2.02. The smallest absolute Gasteiger partial charge is 0.311 e. The minimum atomic E-state index is -1.01. The van der Waals surface area contributed by atoms with Gasteiger partial charge in [-0.15, -0.1) is 0 Å². The lowest BCUT2D eigenvalue weighted by atomic mass is 9.96. The lowest BCUT2D eigenvalue weighted by Crippen LogP contribution is -2.21. The number of ether oxygens (including phenoxy) is 2. The fourth-order valence-electron chi connectivity index (χ4n) is 3.72. The van der Waals surface area contributed by atoms with E-state index in [1.165, 1.54) is 5.56 Å². The lowest BCUT2D eigenvalue weighted by molar-refractivity contribution is -0.150. The van der Waals surface area contributed by atoms with Gasteiger partial charge in [0.05, 0.1) is 36.5 Å². The molecule has 6 heteroatoms. The van der Waals surface area contributed by atoms with E-state index < -0.39 is 29.2 Å². The number of hydrogen-bond acceptors (Lipinski definition) is 6. The first-order chi connectivity index (χ1) is 13.0. The summed E-state index contributed by atoms with van der Waals surface area (Å²) in [5, 5.41) is 9.75. The number of nitriles is 1. The number of nitrogens with zero attached hydrogens (tertiary/aromatic N) is 2. The standard InChI is InChI=1S/C21H28N2O4/c1-4-26-19(24)17-18(20(25)27-5-2)21(17,15-22)12-9-13-23(3)14-16-10-7-6-8-11-16/h6-8,10-11,17-18H,4-5,9,12-14H2,1-3H3/t17-,18-/m1/s1. The number of carbonyl (C=O) groups is 2. The van der Waals surface area contributed by atoms with Crippen molar-refractivity contribution >= 4 is 11.9 Å². The summed E-state index contributed by atoms with van der Waals surface area (Å²) < 4.78 is 10.2. The molecule has 0 N–H and O–H groups in total. The molecule has 0 spiro atoms. The first kappa shape index (κ1) is 20.9. The predicted molar refractivity (Wildman–Crippen MR) is 100 cm³/mol. The van der Waals surface area contributed by atoms with Gasteiger partial charge in [0, 0.05) is 6.54 Å². The van der Waals surface area contributed by atoms with Crippen LogP contribution in [0.3, 0.4) is 0 Å². The molecule has 0 amide bonds. The van der Waals surface area contributed by atoms with Crippen LogP contribution in [0, 0.1) is 28.6 Å². The van der Waals surface area contributed by atoms with Crippen molar-refractivity contribution in [1.29, 1.82) is 5.26 Å². The second-order valence-electron chi connectivity index (χ2n) is 6.94. The highest BCUT2D eigenvalue weighted by molar-refractivity contribution is 5.91. The van der Waals surface area contributed by atoms with Gasteiger partial charge < -0.3 is 14.4 Å². The summed E-state index contributed by atoms with van der Waals surface area (Å²) in [6.07, 6.45) is 1.18. The highest BCUT2D eigenvalue weighted by Gasteiger charge is 2.73. The van der Waals surface area contributed by atoms with Gasteiger partial charge in [0.2, 0.25) is 0 Å². The second-order valence-corrected chi connectivity index (χ2v) is 6.94. The number of esters is 2. The van der Waals surface area contributed by atoms with Gasteiger partial charge in [-0.3, -0.25) is 9.59 Å². The van der Waals surface area contributed by atoms with Crippen LogP contribution in [0.2, 0.25) is 0 Å². The maximum absolute atomic E-state index is 12.2. The Morgan fingerprint density at radius 2 is 1.67 bits per heavy atom. The van der Waals surface area contributed by atoms with Gasteiger partial charge in [0.15, 0.2) is 0 Å². The van der Waals surface area contributed by atoms with Crippen LogP contribution in [-0.2, 0) is 25.6 Å². The Morgan fingerprint density at radius 3 is 2.15 bits per heavy atom. The first-order valence-electron chi connectivity index (χ1n) is 9.47. The Labute approximate surface area is 161 Å². The third-order valence-electron chi connectivity index (χ3n) is 5.05. The van der Waals surface area contributed by atoms with E-state index in [0.29, 0.717) is 12.8 Å². The van der Waals surface area contributed by atoms with E-state index in [-0.39, 0.29) is 13.2 Å². The van der Waals surface area contributed by atoms with Crippen LogP contribution < -0.4 is 0 Å². The predicted octanol–water partition coefficient (Wildman–Crippen LogP) is 2.78. The summed E-state index contributed by atoms with van der Waals surface area (Å²) in [4.78, 5) is 26.7. The zero-order chi connectivity index (χ0) is 19.9. The molecule has 0 radical (unpaired) electrons. The molecule has 146 valence electrons. The number of carbonyl (C=O) groups excluding carboxylic acids is 2. The molecule has 0 aromatic heterocycles. The van der Waals surface area contributed by atoms with Gasteiger partial charge in [0.1, 0.15) is 0 Å². The maximum Gasteiger partial charge on any atom is 0.311 e. The topological polar surface area (TPSA) is 79.6 Å². The van der Waals surface area contributed by atoms with Crippen molar-refractivity contribution in [3.63, 3.8) is 0 Å². The van der Waals surface area contributed by atoms with E-state index in [1.54, 1.807) is 13.8 Å². The van der Waals surface area contributed by atoms with Gasteiger partial charge in [-0.2, -0.15) is 5.26 Å². The minimum Gasteiger partial charge on any atom is -0.466 e. The second kappa shape index (κ2) is 9.52. The quantitative estimate of drug-likeness (QED) is 0.588. The van der Waals surface area contributed by atoms with E-state index in [1.807, 2.05) is 25.2 Å². The average Bonchev–Trinajstić information content (AvgIpc) is 3.32. The molecule has 2 atom stereocenters. The molecule has 6 nitrogen and oxygen atoms in total. The van der Waals surface area contributed by atoms with Gasteiger partial charge in [-0.05, 0) is 45.8 Å². The van der Waals surface area contributed by atoms with Gasteiger partial charge in [-0.1, -0.05) is 30.3 Å². The van der Waals surface area contributed by atoms with Crippen LogP contribution in [0.15, 0.2) is 30.3 Å². The Morgan fingerprint density at radius 1 is 1.11 bits per heavy atom. The molecular weight excluding hydrogens is 344 g/mol. The summed E-state index contributed by atoms with van der Waals surface area (Å²) in [6, 6.07) is 12.4. The first-order valence-corrected chi connectivity index (χ1v) is 9.47. The fraction of sp³-hybridized carbons (Fsp3) is 0.571. The summed E-state index contributed by atoms with van der Waals surface area (Å²) in [5.74, 6) is -2.40. The van der Waals surface area contributed by atoms with Crippen molar-refractivity contribution in [3.05, 3.63) is 35.9 Å². The molecule has 27 heavy (non-hydrogen) atoms. The summed E-state index contributed by atoms with van der Waals surface area (Å²) in [6.45, 7) is 5.46. The highest BCUT2D eigenvalue weighted by Crippen LogP contribution is 2.62. The normalized spacial score (nSPS) is 23.5. The zero-order valence-corrected chi connectivity index (χ0v) is 16.3. The number of hydrogen-bond donors (Lipinski definition) is 0. The Bertz CT molecular complexity index is 659. The van der Waals surface area contributed by atoms with Gasteiger partial charge >= 0.3 is 11.9 Å². The molecule has 1 aliphatic rings. The van der Waals surface area contributed by atoms with Crippen molar-refractivity contribution in [1.82, 2.24) is 4.90 Å². The largest absolute Gasteiger partial charge is 0.466 e. The van der Waals surface area contributed by atoms with Crippen LogP contribution >= 0.6 is 0 Å². The minimum absolute atomic E-state index is 0.228. The lowest BCUT2D eigenvalue weighted by Gasteiger charge is -2.18. The molecule has 0 aliphatic heterocycles. The van der Waals surface area contributed by atoms with Crippen molar-refractivity contribution in [2.24, 2.45) is 17.3 Å². The third kappa shape index (κ3) is 4.86. The average molecular weight is 372 g/mol. The molecule has 0 bridgehead atoms. The fourth-order valence-corrected chi connectivity index (χ4v) is 3.72. The molecule has 1 saturated carbocycles. The van der Waals surface area contributed by atoms with Crippen LogP contribution in [0.4, 0.5) is 0 Å². The Balaban J connectivity index is 1.96. The van der Waals surface area contributed by atoms with E-state index in [9.17, 15) is 14.9 Å². The SMILES string of the molecule is CCOC(=O)[C@H]1[C@H](C(=O)OCC)C1(C#N)CCCN(C)Cc1ccccc1. The van der Waals surface area contributed by atoms with Crippen LogP contribution in [0.1, 0.15) is 32.3 Å². The number of rotatable bonds is 10. The number of benzene rings is 1. The van der Waals surface area contributed by atoms with Crippen LogP contribution in [0.25, 0.3) is 0 Å². The molecular formula is C21H28N2O4. The Hall–Kier alpha value is -2.39. The van der Waals surface area contributed by atoms with Gasteiger partial charge in [0.25, 0.3) is 0 Å². The molecule has 2 rings (SSSR count). The molecule has 1 fully saturated rings. The highest BCUT2D eigenvalue weighted by atomic mass is 16.5. The van der Waals surface area contributed by atoms with Crippen molar-refractivity contribution in [2.75, 3.05) is 26.8 Å². The van der Waals surface area contributed by atoms with Crippen LogP contribution in [0.5, 0.6) is 0 Å². The van der Waals surface area contributed by atoms with Crippen LogP contribution in [-0.4, -0.2) is 43.6 Å². The van der Waals surface area contributed by atoms with Crippen molar-refractivity contribution < 1.29 is 19.1 Å². The van der Waals surface area contributed by atoms with E-state index >= 15 is 0 Å². The molecule has 0 unspecified atom stereocenters. The van der Waals surface area contributed by atoms with E-state index in [2.05, 4.69) is 23.1 Å².